The van der Waals surface area contributed by atoms with E-state index in [1.807, 2.05) is 0 Å². The Labute approximate surface area is 106 Å². The molecule has 0 amide bonds. The van der Waals surface area contributed by atoms with Crippen LogP contribution in [0, 0.1) is 11.6 Å². The van der Waals surface area contributed by atoms with Gasteiger partial charge in [0.05, 0.1) is 10.6 Å². The van der Waals surface area contributed by atoms with E-state index in [2.05, 4.69) is 0 Å². The van der Waals surface area contributed by atoms with Crippen LogP contribution in [0.4, 0.5) is 8.78 Å². The summed E-state index contributed by atoms with van der Waals surface area (Å²) < 4.78 is 26.3. The van der Waals surface area contributed by atoms with Gasteiger partial charge in [-0.05, 0) is 29.8 Å². The first-order valence-corrected chi connectivity index (χ1v) is 5.35. The predicted molar refractivity (Wildman–Crippen MR) is 63.8 cm³/mol. The van der Waals surface area contributed by atoms with E-state index >= 15 is 0 Å². The second kappa shape index (κ2) is 4.74. The molecule has 2 nitrogen and oxygen atoms in total. The van der Waals surface area contributed by atoms with Crippen molar-refractivity contribution in [3.8, 4) is 11.1 Å². The third-order valence-electron chi connectivity index (χ3n) is 2.44. The first-order valence-electron chi connectivity index (χ1n) is 4.97. The highest BCUT2D eigenvalue weighted by Crippen LogP contribution is 2.27. The van der Waals surface area contributed by atoms with Gasteiger partial charge in [0.2, 0.25) is 0 Å². The van der Waals surface area contributed by atoms with Crippen LogP contribution < -0.4 is 0 Å². The van der Waals surface area contributed by atoms with Crippen molar-refractivity contribution < 1.29 is 18.7 Å². The van der Waals surface area contributed by atoms with Gasteiger partial charge < -0.3 is 5.11 Å². The number of hydrogen-bond acceptors (Lipinski definition) is 1. The monoisotopic (exact) mass is 268 g/mol. The number of carboxylic acid groups (broad SMARTS) is 1. The van der Waals surface area contributed by atoms with E-state index in [4.69, 9.17) is 16.7 Å². The zero-order chi connectivity index (χ0) is 13.3. The molecule has 0 saturated heterocycles. The summed E-state index contributed by atoms with van der Waals surface area (Å²) in [6.45, 7) is 0. The molecule has 0 radical (unpaired) electrons. The molecule has 0 aliphatic heterocycles. The van der Waals surface area contributed by atoms with E-state index in [1.165, 1.54) is 24.3 Å². The Morgan fingerprint density at radius 1 is 1.11 bits per heavy atom. The second-order valence-corrected chi connectivity index (χ2v) is 4.03. The fraction of sp³-hybridized carbons (Fsp3) is 0. The summed E-state index contributed by atoms with van der Waals surface area (Å²) >= 11 is 5.71. The van der Waals surface area contributed by atoms with Crippen LogP contribution >= 0.6 is 11.6 Å². The van der Waals surface area contributed by atoms with Crippen molar-refractivity contribution >= 4 is 17.6 Å². The fourth-order valence-corrected chi connectivity index (χ4v) is 1.78. The lowest BCUT2D eigenvalue weighted by atomic mass is 10.0. The first-order chi connectivity index (χ1) is 8.49. The van der Waals surface area contributed by atoms with Gasteiger partial charge >= 0.3 is 5.97 Å². The molecule has 1 N–H and O–H groups in total. The van der Waals surface area contributed by atoms with E-state index in [9.17, 15) is 13.6 Å². The van der Waals surface area contributed by atoms with Crippen molar-refractivity contribution in [2.45, 2.75) is 0 Å². The van der Waals surface area contributed by atoms with Crippen LogP contribution in [-0.2, 0) is 0 Å². The van der Waals surface area contributed by atoms with Crippen molar-refractivity contribution in [2.75, 3.05) is 0 Å². The average Bonchev–Trinajstić information content (AvgIpc) is 2.30. The molecule has 2 aromatic rings. The Hall–Kier alpha value is -1.94. The second-order valence-electron chi connectivity index (χ2n) is 3.62. The molecule has 0 heterocycles. The van der Waals surface area contributed by atoms with Crippen molar-refractivity contribution in [1.29, 1.82) is 0 Å². The quantitative estimate of drug-likeness (QED) is 0.894. The third-order valence-corrected chi connectivity index (χ3v) is 2.77. The Balaban J connectivity index is 2.58. The van der Waals surface area contributed by atoms with Crippen LogP contribution in [0.25, 0.3) is 11.1 Å². The van der Waals surface area contributed by atoms with Gasteiger partial charge in [0.15, 0.2) is 0 Å². The maximum atomic E-state index is 13.5. The molecule has 18 heavy (non-hydrogen) atoms. The van der Waals surface area contributed by atoms with Gasteiger partial charge in [-0.2, -0.15) is 0 Å². The molecule has 0 fully saturated rings. The van der Waals surface area contributed by atoms with Gasteiger partial charge in [0.1, 0.15) is 11.6 Å². The Morgan fingerprint density at radius 3 is 2.44 bits per heavy atom. The number of aromatic carboxylic acids is 1. The highest BCUT2D eigenvalue weighted by Gasteiger charge is 2.12. The topological polar surface area (TPSA) is 37.3 Å². The molecule has 0 aliphatic rings. The van der Waals surface area contributed by atoms with Crippen molar-refractivity contribution in [3.05, 3.63) is 58.6 Å². The summed E-state index contributed by atoms with van der Waals surface area (Å²) in [5.41, 5.74) is 0.322. The Bertz CT molecular complexity index is 626. The highest BCUT2D eigenvalue weighted by molar-refractivity contribution is 6.33. The van der Waals surface area contributed by atoms with Gasteiger partial charge in [-0.3, -0.25) is 0 Å². The Morgan fingerprint density at radius 2 is 1.83 bits per heavy atom. The SMILES string of the molecule is O=C(O)c1cc(-c2ccc(F)cc2F)ccc1Cl. The maximum absolute atomic E-state index is 13.5. The summed E-state index contributed by atoms with van der Waals surface area (Å²) in [4.78, 5) is 10.9. The van der Waals surface area contributed by atoms with Crippen LogP contribution in [0.5, 0.6) is 0 Å². The molecule has 0 atom stereocenters. The van der Waals surface area contributed by atoms with Gasteiger partial charge in [0.25, 0.3) is 0 Å². The minimum atomic E-state index is -1.20. The smallest absolute Gasteiger partial charge is 0.337 e. The van der Waals surface area contributed by atoms with E-state index in [0.29, 0.717) is 5.56 Å². The van der Waals surface area contributed by atoms with E-state index in [-0.39, 0.29) is 16.1 Å². The van der Waals surface area contributed by atoms with Gasteiger partial charge in [-0.15, -0.1) is 0 Å². The number of carboxylic acids is 1. The van der Waals surface area contributed by atoms with E-state index in [0.717, 1.165) is 12.1 Å². The van der Waals surface area contributed by atoms with Crippen molar-refractivity contribution in [1.82, 2.24) is 0 Å². The Kier molecular flexibility index (Phi) is 3.30. The third kappa shape index (κ3) is 2.33. The summed E-state index contributed by atoms with van der Waals surface area (Å²) in [7, 11) is 0. The minimum absolute atomic E-state index is 0.0637. The largest absolute Gasteiger partial charge is 0.478 e. The zero-order valence-corrected chi connectivity index (χ0v) is 9.71. The lowest BCUT2D eigenvalue weighted by molar-refractivity contribution is 0.0697. The molecule has 2 rings (SSSR count). The lowest BCUT2D eigenvalue weighted by Crippen LogP contribution is -1.98. The summed E-state index contributed by atoms with van der Waals surface area (Å²) in [6, 6.07) is 7.19. The standard InChI is InChI=1S/C13H7ClF2O2/c14-11-4-1-7(5-10(11)13(17)18)9-3-2-8(15)6-12(9)16/h1-6H,(H,17,18). The molecule has 0 spiro atoms. The molecule has 5 heteroatoms. The first kappa shape index (κ1) is 12.5. The number of rotatable bonds is 2. The number of halogens is 3. The van der Waals surface area contributed by atoms with Crippen molar-refractivity contribution in [2.24, 2.45) is 0 Å². The normalized spacial score (nSPS) is 10.4. The van der Waals surface area contributed by atoms with Gasteiger partial charge in [0, 0.05) is 11.6 Å². The predicted octanol–water partition coefficient (Wildman–Crippen LogP) is 3.98. The van der Waals surface area contributed by atoms with Gasteiger partial charge in [-0.1, -0.05) is 17.7 Å². The maximum Gasteiger partial charge on any atom is 0.337 e. The fourth-order valence-electron chi connectivity index (χ4n) is 1.58. The summed E-state index contributed by atoms with van der Waals surface area (Å²) in [5.74, 6) is -2.65. The van der Waals surface area contributed by atoms with E-state index < -0.39 is 17.6 Å². The molecule has 0 aliphatic carbocycles. The lowest BCUT2D eigenvalue weighted by Gasteiger charge is -2.06. The van der Waals surface area contributed by atoms with Crippen LogP contribution in [0.15, 0.2) is 36.4 Å². The average molecular weight is 269 g/mol. The van der Waals surface area contributed by atoms with Gasteiger partial charge in [-0.25, -0.2) is 13.6 Å². The number of carbonyl (C=O) groups is 1. The van der Waals surface area contributed by atoms with Crippen LogP contribution in [0.3, 0.4) is 0 Å². The molecule has 0 bridgehead atoms. The molecule has 0 aromatic heterocycles. The minimum Gasteiger partial charge on any atom is -0.478 e. The highest BCUT2D eigenvalue weighted by atomic mass is 35.5. The molecule has 92 valence electrons. The molecule has 0 unspecified atom stereocenters. The van der Waals surface area contributed by atoms with Crippen LogP contribution in [0.2, 0.25) is 5.02 Å². The zero-order valence-electron chi connectivity index (χ0n) is 8.95. The van der Waals surface area contributed by atoms with Crippen LogP contribution in [-0.4, -0.2) is 11.1 Å². The van der Waals surface area contributed by atoms with E-state index in [1.54, 1.807) is 0 Å². The van der Waals surface area contributed by atoms with Crippen LogP contribution in [0.1, 0.15) is 10.4 Å². The molecular formula is C13H7ClF2O2. The molecule has 0 saturated carbocycles. The van der Waals surface area contributed by atoms with Crippen molar-refractivity contribution in [3.63, 3.8) is 0 Å². The summed E-state index contributed by atoms with van der Waals surface area (Å²) in [5, 5.41) is 8.98. The molecule has 2 aromatic carbocycles. The molecular weight excluding hydrogens is 262 g/mol. The summed E-state index contributed by atoms with van der Waals surface area (Å²) in [6.07, 6.45) is 0. The number of benzene rings is 2. The number of hydrogen-bond donors (Lipinski definition) is 1.